The number of unbranched alkanes of at least 4 members (excludes halogenated alkanes) is 2. The molecule has 0 spiro atoms. The summed E-state index contributed by atoms with van der Waals surface area (Å²) in [5.74, 6) is 0. The van der Waals surface area contributed by atoms with Crippen LogP contribution in [0.25, 0.3) is 41.6 Å². The Labute approximate surface area is 245 Å². The molecule has 0 saturated carbocycles. The summed E-state index contributed by atoms with van der Waals surface area (Å²) in [6, 6.07) is 25.4. The van der Waals surface area contributed by atoms with E-state index in [4.69, 9.17) is 9.97 Å². The van der Waals surface area contributed by atoms with E-state index in [0.717, 1.165) is 34.1 Å². The average molecular weight is 654 g/mol. The highest BCUT2D eigenvalue weighted by molar-refractivity contribution is 7.22. The predicted octanol–water partition coefficient (Wildman–Crippen LogP) is 0.694. The Morgan fingerprint density at radius 2 is 0.919 bits per heavy atom. The first kappa shape index (κ1) is 27.5. The molecule has 0 fully saturated rings. The van der Waals surface area contributed by atoms with Crippen LogP contribution in [0, 0.1) is 0 Å². The minimum absolute atomic E-state index is 0. The number of aryl methyl sites for hydroxylation is 2. The lowest BCUT2D eigenvalue weighted by molar-refractivity contribution is -0.701. The molecule has 0 N–H and O–H groups in total. The maximum Gasteiger partial charge on any atom is 0.169 e. The monoisotopic (exact) mass is 652 g/mol. The summed E-state index contributed by atoms with van der Waals surface area (Å²) in [6.45, 7) is 2.09. The SMILES string of the molecule is [Br-].[Br-].c1ccc2sc(-c3cc[n+](CCCCC[n+]4ccc(-c5nc6ccccc6s5)cc4)cc3)nc2c1. The minimum atomic E-state index is 0. The summed E-state index contributed by atoms with van der Waals surface area (Å²) < 4.78 is 7.03. The zero-order chi connectivity index (χ0) is 23.5. The van der Waals surface area contributed by atoms with E-state index in [9.17, 15) is 0 Å². The Morgan fingerprint density at radius 3 is 1.32 bits per heavy atom. The molecule has 0 aliphatic rings. The highest BCUT2D eigenvalue weighted by Crippen LogP contribution is 2.30. The second kappa shape index (κ2) is 12.8. The minimum Gasteiger partial charge on any atom is -1.00 e. The van der Waals surface area contributed by atoms with E-state index in [1.54, 1.807) is 22.7 Å². The van der Waals surface area contributed by atoms with Crippen LogP contribution in [0.3, 0.4) is 0 Å². The number of hydrogen-bond donors (Lipinski definition) is 0. The summed E-state index contributed by atoms with van der Waals surface area (Å²) in [5.41, 5.74) is 4.53. The summed E-state index contributed by atoms with van der Waals surface area (Å²) in [5, 5.41) is 2.18. The summed E-state index contributed by atoms with van der Waals surface area (Å²) >= 11 is 3.51. The van der Waals surface area contributed by atoms with E-state index in [1.807, 2.05) is 12.1 Å². The van der Waals surface area contributed by atoms with Gasteiger partial charge in [0.25, 0.3) is 0 Å². The molecule has 0 aliphatic heterocycles. The topological polar surface area (TPSA) is 33.5 Å². The molecule has 0 aliphatic carbocycles. The van der Waals surface area contributed by atoms with Crippen molar-refractivity contribution in [2.45, 2.75) is 32.4 Å². The molecule has 4 nitrogen and oxygen atoms in total. The van der Waals surface area contributed by atoms with Gasteiger partial charge in [0, 0.05) is 48.2 Å². The number of pyridine rings is 2. The number of halogens is 2. The lowest BCUT2D eigenvalue weighted by atomic mass is 10.2. The maximum atomic E-state index is 4.76. The van der Waals surface area contributed by atoms with Gasteiger partial charge < -0.3 is 34.0 Å². The van der Waals surface area contributed by atoms with Crippen LogP contribution in [-0.2, 0) is 13.1 Å². The first-order valence-corrected chi connectivity index (χ1v) is 13.7. The Kier molecular flexibility index (Phi) is 9.54. The number of rotatable bonds is 8. The van der Waals surface area contributed by atoms with E-state index >= 15 is 0 Å². The fourth-order valence-electron chi connectivity index (χ4n) is 4.25. The second-order valence-corrected chi connectivity index (χ2v) is 10.7. The molecule has 0 saturated heterocycles. The summed E-state index contributed by atoms with van der Waals surface area (Å²) in [6.07, 6.45) is 12.3. The van der Waals surface area contributed by atoms with Crippen molar-refractivity contribution < 1.29 is 43.1 Å². The third-order valence-electron chi connectivity index (χ3n) is 6.20. The zero-order valence-electron chi connectivity index (χ0n) is 20.1. The molecular weight excluding hydrogens is 628 g/mol. The predicted molar refractivity (Wildman–Crippen MR) is 144 cm³/mol. The quantitative estimate of drug-likeness (QED) is 0.179. The first-order valence-electron chi connectivity index (χ1n) is 12.0. The van der Waals surface area contributed by atoms with Crippen LogP contribution in [0.5, 0.6) is 0 Å². The normalized spacial score (nSPS) is 10.8. The Bertz CT molecular complexity index is 1390. The average Bonchev–Trinajstić information content (AvgIpc) is 3.54. The number of benzene rings is 2. The van der Waals surface area contributed by atoms with E-state index in [0.29, 0.717) is 0 Å². The van der Waals surface area contributed by atoms with Gasteiger partial charge in [0.2, 0.25) is 0 Å². The van der Waals surface area contributed by atoms with Crippen LogP contribution in [0.15, 0.2) is 97.6 Å². The van der Waals surface area contributed by atoms with Crippen LogP contribution in [-0.4, -0.2) is 9.97 Å². The molecule has 37 heavy (non-hydrogen) atoms. The Morgan fingerprint density at radius 1 is 0.514 bits per heavy atom. The first-order chi connectivity index (χ1) is 17.3. The largest absolute Gasteiger partial charge is 1.00 e. The standard InChI is InChI=1S/C29H26N4S2.2BrH/c1(6-16-32-18-12-22(13-19-32)28-30-24-8-2-4-10-26(24)34-28)7-17-33-20-14-23(15-21-33)29-31-25-9-3-5-11-27(25)35-29;;/h2-5,8-15,18-21H,1,6-7,16-17H2;2*1H/q+2;;/p-2. The van der Waals surface area contributed by atoms with Crippen molar-refractivity contribution in [3.8, 4) is 21.1 Å². The van der Waals surface area contributed by atoms with E-state index in [-0.39, 0.29) is 34.0 Å². The highest BCUT2D eigenvalue weighted by Gasteiger charge is 2.10. The van der Waals surface area contributed by atoms with E-state index < -0.39 is 0 Å². The molecule has 2 aromatic carbocycles. The van der Waals surface area contributed by atoms with Crippen LogP contribution < -0.4 is 43.1 Å². The lowest BCUT2D eigenvalue weighted by Crippen LogP contribution is -3.00. The third-order valence-corrected chi connectivity index (χ3v) is 8.37. The molecule has 4 aromatic heterocycles. The number of thiazole rings is 2. The van der Waals surface area contributed by atoms with Crippen molar-refractivity contribution in [1.82, 2.24) is 9.97 Å². The van der Waals surface area contributed by atoms with Crippen LogP contribution >= 0.6 is 22.7 Å². The highest BCUT2D eigenvalue weighted by atomic mass is 79.9. The van der Waals surface area contributed by atoms with Crippen molar-refractivity contribution in [3.05, 3.63) is 97.6 Å². The molecule has 0 bridgehead atoms. The smallest absolute Gasteiger partial charge is 0.169 e. The van der Waals surface area contributed by atoms with Gasteiger partial charge in [-0.3, -0.25) is 0 Å². The van der Waals surface area contributed by atoms with Crippen LogP contribution in [0.1, 0.15) is 19.3 Å². The van der Waals surface area contributed by atoms with Crippen molar-refractivity contribution >= 4 is 43.1 Å². The van der Waals surface area contributed by atoms with Gasteiger partial charge in [-0.2, -0.15) is 0 Å². The Hall–Kier alpha value is -2.52. The maximum absolute atomic E-state index is 4.76. The summed E-state index contributed by atoms with van der Waals surface area (Å²) in [4.78, 5) is 9.53. The second-order valence-electron chi connectivity index (χ2n) is 8.68. The number of nitrogens with zero attached hydrogens (tertiary/aromatic N) is 4. The molecule has 0 unspecified atom stereocenters. The van der Waals surface area contributed by atoms with Gasteiger partial charge in [-0.25, -0.2) is 19.1 Å². The molecule has 6 aromatic rings. The van der Waals surface area contributed by atoms with Gasteiger partial charge >= 0.3 is 0 Å². The van der Waals surface area contributed by atoms with Gasteiger partial charge in [-0.1, -0.05) is 24.3 Å². The number of fused-ring (bicyclic) bond motifs is 2. The molecular formula is C29H26Br2N4S2. The van der Waals surface area contributed by atoms with Gasteiger partial charge in [-0.15, -0.1) is 22.7 Å². The van der Waals surface area contributed by atoms with E-state index in [1.165, 1.54) is 39.8 Å². The molecule has 4 heterocycles. The fourth-order valence-corrected chi connectivity index (χ4v) is 6.20. The Balaban J connectivity index is 0.00000160. The van der Waals surface area contributed by atoms with Gasteiger partial charge in [-0.05, 0) is 30.7 Å². The van der Waals surface area contributed by atoms with Crippen molar-refractivity contribution in [1.29, 1.82) is 0 Å². The number of para-hydroxylation sites is 2. The van der Waals surface area contributed by atoms with Crippen LogP contribution in [0.2, 0.25) is 0 Å². The molecule has 0 atom stereocenters. The summed E-state index contributed by atoms with van der Waals surface area (Å²) in [7, 11) is 0. The van der Waals surface area contributed by atoms with Crippen molar-refractivity contribution in [2.75, 3.05) is 0 Å². The van der Waals surface area contributed by atoms with E-state index in [2.05, 4.69) is 94.6 Å². The third kappa shape index (κ3) is 6.49. The van der Waals surface area contributed by atoms with Gasteiger partial charge in [0.05, 0.1) is 20.4 Å². The van der Waals surface area contributed by atoms with Crippen molar-refractivity contribution in [3.63, 3.8) is 0 Å². The van der Waals surface area contributed by atoms with Crippen molar-refractivity contribution in [2.24, 2.45) is 0 Å². The van der Waals surface area contributed by atoms with Crippen LogP contribution in [0.4, 0.5) is 0 Å². The number of aromatic nitrogens is 4. The lowest BCUT2D eigenvalue weighted by Gasteiger charge is -2.00. The fraction of sp³-hybridized carbons (Fsp3) is 0.172. The molecule has 0 amide bonds. The zero-order valence-corrected chi connectivity index (χ0v) is 24.9. The molecule has 8 heteroatoms. The van der Waals surface area contributed by atoms with Gasteiger partial charge in [0.15, 0.2) is 24.8 Å². The molecule has 6 rings (SSSR count). The molecule has 0 radical (unpaired) electrons. The number of hydrogen-bond acceptors (Lipinski definition) is 4. The molecule has 188 valence electrons. The van der Waals surface area contributed by atoms with Gasteiger partial charge in [0.1, 0.15) is 23.1 Å².